The highest BCUT2D eigenvalue weighted by Gasteiger charge is 2.34. The fourth-order valence-corrected chi connectivity index (χ4v) is 4.22. The number of fused-ring (bicyclic) bond motifs is 1. The van der Waals surface area contributed by atoms with Crippen LogP contribution in [-0.2, 0) is 13.5 Å². The Kier molecular flexibility index (Phi) is 3.08. The first-order valence-corrected chi connectivity index (χ1v) is 7.47. The van der Waals surface area contributed by atoms with Gasteiger partial charge in [-0.25, -0.2) is 0 Å². The van der Waals surface area contributed by atoms with Crippen LogP contribution in [0.15, 0.2) is 24.3 Å². The van der Waals surface area contributed by atoms with Crippen molar-refractivity contribution in [2.45, 2.75) is 24.0 Å². The van der Waals surface area contributed by atoms with E-state index in [0.717, 1.165) is 13.0 Å². The number of rotatable bonds is 3. The second-order valence-electron chi connectivity index (χ2n) is 5.10. The number of thioether (sulfide) groups is 1. The zero-order valence-electron chi connectivity index (χ0n) is 10.7. The molecule has 2 aromatic rings. The summed E-state index contributed by atoms with van der Waals surface area (Å²) in [7, 11) is 2.02. The minimum absolute atomic E-state index is 0.219. The van der Waals surface area contributed by atoms with Crippen LogP contribution in [0.3, 0.4) is 0 Å². The topological polar surface area (TPSA) is 43.8 Å². The van der Waals surface area contributed by atoms with Crippen LogP contribution in [-0.4, -0.2) is 26.8 Å². The SMILES string of the molecule is Cn1nc(CC2(CN)CCCS2)c2ccccc21. The molecule has 3 rings (SSSR count). The number of nitrogens with two attached hydrogens (primary N) is 1. The summed E-state index contributed by atoms with van der Waals surface area (Å²) in [6, 6.07) is 8.45. The van der Waals surface area contributed by atoms with Gasteiger partial charge in [0.15, 0.2) is 0 Å². The summed E-state index contributed by atoms with van der Waals surface area (Å²) in [5, 5.41) is 5.97. The normalized spacial score (nSPS) is 23.9. The van der Waals surface area contributed by atoms with E-state index in [4.69, 9.17) is 10.8 Å². The molecular formula is C14H19N3S. The average Bonchev–Trinajstić information content (AvgIpc) is 2.98. The molecule has 0 bridgehead atoms. The molecule has 18 heavy (non-hydrogen) atoms. The highest BCUT2D eigenvalue weighted by molar-refractivity contribution is 8.00. The van der Waals surface area contributed by atoms with Crippen molar-refractivity contribution >= 4 is 22.7 Å². The molecule has 1 atom stereocenters. The summed E-state index contributed by atoms with van der Waals surface area (Å²) in [5.41, 5.74) is 8.42. The molecule has 2 heterocycles. The summed E-state index contributed by atoms with van der Waals surface area (Å²) in [4.78, 5) is 0. The van der Waals surface area contributed by atoms with Crippen LogP contribution in [0, 0.1) is 0 Å². The van der Waals surface area contributed by atoms with Gasteiger partial charge in [0.1, 0.15) is 0 Å². The first kappa shape index (κ1) is 12.1. The van der Waals surface area contributed by atoms with E-state index < -0.39 is 0 Å². The van der Waals surface area contributed by atoms with E-state index in [9.17, 15) is 0 Å². The first-order chi connectivity index (χ1) is 8.74. The van der Waals surface area contributed by atoms with Gasteiger partial charge in [0.2, 0.25) is 0 Å². The molecule has 3 nitrogen and oxygen atoms in total. The molecule has 96 valence electrons. The van der Waals surface area contributed by atoms with E-state index in [-0.39, 0.29) is 4.75 Å². The maximum Gasteiger partial charge on any atom is 0.0717 e. The number of aryl methyl sites for hydroxylation is 1. The van der Waals surface area contributed by atoms with E-state index in [2.05, 4.69) is 24.3 Å². The van der Waals surface area contributed by atoms with Crippen LogP contribution < -0.4 is 5.73 Å². The Balaban J connectivity index is 1.99. The number of aromatic nitrogens is 2. The molecule has 2 N–H and O–H groups in total. The highest BCUT2D eigenvalue weighted by atomic mass is 32.2. The van der Waals surface area contributed by atoms with Crippen molar-refractivity contribution in [3.8, 4) is 0 Å². The minimum atomic E-state index is 0.219. The summed E-state index contributed by atoms with van der Waals surface area (Å²) in [6.45, 7) is 0.753. The van der Waals surface area contributed by atoms with Crippen LogP contribution in [0.5, 0.6) is 0 Å². The van der Waals surface area contributed by atoms with E-state index in [1.165, 1.54) is 35.2 Å². The van der Waals surface area contributed by atoms with Gasteiger partial charge in [-0.15, -0.1) is 0 Å². The summed E-state index contributed by atoms with van der Waals surface area (Å²) in [5.74, 6) is 1.24. The number of hydrogen-bond donors (Lipinski definition) is 1. The van der Waals surface area contributed by atoms with Gasteiger partial charge in [-0.2, -0.15) is 16.9 Å². The molecule has 1 aromatic carbocycles. The van der Waals surface area contributed by atoms with Crippen molar-refractivity contribution in [3.63, 3.8) is 0 Å². The largest absolute Gasteiger partial charge is 0.329 e. The lowest BCUT2D eigenvalue weighted by atomic mass is 9.96. The maximum atomic E-state index is 6.01. The number of nitrogens with zero attached hydrogens (tertiary/aromatic N) is 2. The quantitative estimate of drug-likeness (QED) is 0.922. The minimum Gasteiger partial charge on any atom is -0.329 e. The molecule has 1 aliphatic heterocycles. The molecule has 1 fully saturated rings. The predicted molar refractivity (Wildman–Crippen MR) is 77.9 cm³/mol. The third kappa shape index (κ3) is 1.93. The summed E-state index contributed by atoms with van der Waals surface area (Å²) in [6.07, 6.45) is 3.50. The van der Waals surface area contributed by atoms with E-state index in [1.54, 1.807) is 0 Å². The van der Waals surface area contributed by atoms with Gasteiger partial charge >= 0.3 is 0 Å². The van der Waals surface area contributed by atoms with Crippen LogP contribution in [0.4, 0.5) is 0 Å². The average molecular weight is 261 g/mol. The van der Waals surface area contributed by atoms with Gasteiger partial charge < -0.3 is 5.73 Å². The fourth-order valence-electron chi connectivity index (χ4n) is 2.85. The number of benzene rings is 1. The molecular weight excluding hydrogens is 242 g/mol. The van der Waals surface area contributed by atoms with Crippen molar-refractivity contribution in [2.75, 3.05) is 12.3 Å². The Morgan fingerprint density at radius 2 is 2.28 bits per heavy atom. The molecule has 1 aliphatic rings. The van der Waals surface area contributed by atoms with Crippen LogP contribution in [0.2, 0.25) is 0 Å². The Hall–Kier alpha value is -1.00. The molecule has 0 aliphatic carbocycles. The van der Waals surface area contributed by atoms with Gasteiger partial charge in [-0.05, 0) is 24.7 Å². The molecule has 0 amide bonds. The van der Waals surface area contributed by atoms with Crippen molar-refractivity contribution in [2.24, 2.45) is 12.8 Å². The number of hydrogen-bond acceptors (Lipinski definition) is 3. The van der Waals surface area contributed by atoms with Gasteiger partial charge in [0.25, 0.3) is 0 Å². The van der Waals surface area contributed by atoms with Gasteiger partial charge in [0.05, 0.1) is 11.2 Å². The maximum absolute atomic E-state index is 6.01. The first-order valence-electron chi connectivity index (χ1n) is 6.49. The van der Waals surface area contributed by atoms with Gasteiger partial charge in [-0.3, -0.25) is 4.68 Å². The molecule has 0 spiro atoms. The van der Waals surface area contributed by atoms with Crippen molar-refractivity contribution in [3.05, 3.63) is 30.0 Å². The third-order valence-corrected chi connectivity index (χ3v) is 5.50. The van der Waals surface area contributed by atoms with Crippen LogP contribution in [0.25, 0.3) is 10.9 Å². The Morgan fingerprint density at radius 3 is 3.00 bits per heavy atom. The lowest BCUT2D eigenvalue weighted by molar-refractivity contribution is 0.555. The molecule has 1 unspecified atom stereocenters. The Labute approximate surface area is 112 Å². The monoisotopic (exact) mass is 261 g/mol. The molecule has 0 saturated carbocycles. The predicted octanol–water partition coefficient (Wildman–Crippen LogP) is 2.34. The lowest BCUT2D eigenvalue weighted by Crippen LogP contribution is -2.34. The third-order valence-electron chi connectivity index (χ3n) is 3.88. The Bertz CT molecular complexity index is 555. The van der Waals surface area contributed by atoms with E-state index in [0.29, 0.717) is 0 Å². The molecule has 1 aromatic heterocycles. The van der Waals surface area contributed by atoms with E-state index in [1.807, 2.05) is 23.5 Å². The van der Waals surface area contributed by atoms with E-state index >= 15 is 0 Å². The Morgan fingerprint density at radius 1 is 1.44 bits per heavy atom. The van der Waals surface area contributed by atoms with Crippen LogP contribution >= 0.6 is 11.8 Å². The molecule has 4 heteroatoms. The highest BCUT2D eigenvalue weighted by Crippen LogP contribution is 2.40. The van der Waals surface area contributed by atoms with Crippen molar-refractivity contribution in [1.82, 2.24) is 9.78 Å². The van der Waals surface area contributed by atoms with Crippen LogP contribution in [0.1, 0.15) is 18.5 Å². The zero-order valence-corrected chi connectivity index (χ0v) is 11.5. The second kappa shape index (κ2) is 4.59. The van der Waals surface area contributed by atoms with Crippen molar-refractivity contribution in [1.29, 1.82) is 0 Å². The smallest absolute Gasteiger partial charge is 0.0717 e. The lowest BCUT2D eigenvalue weighted by Gasteiger charge is -2.25. The zero-order chi connectivity index (χ0) is 12.6. The summed E-state index contributed by atoms with van der Waals surface area (Å²) < 4.78 is 2.20. The molecule has 0 radical (unpaired) electrons. The number of para-hydroxylation sites is 1. The fraction of sp³-hybridized carbons (Fsp3) is 0.500. The summed E-state index contributed by atoms with van der Waals surface area (Å²) >= 11 is 2.03. The second-order valence-corrected chi connectivity index (χ2v) is 6.67. The van der Waals surface area contributed by atoms with Gasteiger partial charge in [-0.1, -0.05) is 18.2 Å². The van der Waals surface area contributed by atoms with Gasteiger partial charge in [0, 0.05) is 30.1 Å². The molecule has 1 saturated heterocycles. The van der Waals surface area contributed by atoms with Crippen molar-refractivity contribution < 1.29 is 0 Å². The standard InChI is InChI=1S/C14H19N3S/c1-17-13-6-3-2-5-11(13)12(16-17)9-14(10-15)7-4-8-18-14/h2-3,5-6H,4,7-10,15H2,1H3.